The average Bonchev–Trinajstić information content (AvgIpc) is 2.40. The molecular formula is C14H25NO3. The fourth-order valence-electron chi connectivity index (χ4n) is 2.92. The van der Waals surface area contributed by atoms with Gasteiger partial charge in [-0.25, -0.2) is 0 Å². The third kappa shape index (κ3) is 3.04. The van der Waals surface area contributed by atoms with Crippen molar-refractivity contribution in [3.8, 4) is 0 Å². The van der Waals surface area contributed by atoms with Gasteiger partial charge in [-0.2, -0.15) is 0 Å². The first-order valence-electron chi connectivity index (χ1n) is 7.17. The van der Waals surface area contributed by atoms with E-state index in [1.165, 1.54) is 6.42 Å². The van der Waals surface area contributed by atoms with Crippen LogP contribution in [-0.4, -0.2) is 31.3 Å². The van der Waals surface area contributed by atoms with Crippen molar-refractivity contribution in [3.63, 3.8) is 0 Å². The summed E-state index contributed by atoms with van der Waals surface area (Å²) in [5.41, 5.74) is 5.52. The summed E-state index contributed by atoms with van der Waals surface area (Å²) in [5.74, 6) is 0.486. The summed E-state index contributed by atoms with van der Waals surface area (Å²) in [4.78, 5) is 12.2. The van der Waals surface area contributed by atoms with E-state index >= 15 is 0 Å². The maximum atomic E-state index is 12.2. The number of hydrogen-bond acceptors (Lipinski definition) is 4. The summed E-state index contributed by atoms with van der Waals surface area (Å²) in [7, 11) is 0. The molecule has 0 aromatic heterocycles. The van der Waals surface area contributed by atoms with Gasteiger partial charge in [0.05, 0.1) is 6.61 Å². The Morgan fingerprint density at radius 1 is 1.33 bits per heavy atom. The number of ether oxygens (including phenoxy) is 2. The predicted octanol–water partition coefficient (Wildman–Crippen LogP) is 1.86. The highest BCUT2D eigenvalue weighted by molar-refractivity contribution is 5.81. The summed E-state index contributed by atoms with van der Waals surface area (Å²) in [6.45, 7) is 4.14. The second-order valence-corrected chi connectivity index (χ2v) is 5.84. The molecule has 2 rings (SSSR count). The van der Waals surface area contributed by atoms with Gasteiger partial charge in [0.25, 0.3) is 0 Å². The molecule has 1 saturated heterocycles. The minimum Gasteiger partial charge on any atom is -0.464 e. The summed E-state index contributed by atoms with van der Waals surface area (Å²) in [5, 5.41) is 0. The molecule has 2 aliphatic rings. The topological polar surface area (TPSA) is 61.6 Å². The van der Waals surface area contributed by atoms with Crippen molar-refractivity contribution in [2.45, 2.75) is 51.0 Å². The Bertz CT molecular complexity index is 289. The lowest BCUT2D eigenvalue weighted by atomic mass is 9.74. The van der Waals surface area contributed by atoms with E-state index in [4.69, 9.17) is 15.2 Å². The number of esters is 1. The Morgan fingerprint density at radius 3 is 2.72 bits per heavy atom. The van der Waals surface area contributed by atoms with Crippen LogP contribution in [0.5, 0.6) is 0 Å². The standard InChI is InChI=1S/C14H25NO3/c1-11-4-2-3-7-14(11,15)13(16)18-10-12-5-8-17-9-6-12/h11-12H,2-10,15H2,1H3. The first-order valence-corrected chi connectivity index (χ1v) is 7.17. The molecule has 1 saturated carbocycles. The minimum atomic E-state index is -0.747. The van der Waals surface area contributed by atoms with Gasteiger partial charge in [0, 0.05) is 13.2 Å². The molecule has 1 aliphatic carbocycles. The lowest BCUT2D eigenvalue weighted by Gasteiger charge is -2.37. The Balaban J connectivity index is 1.82. The normalized spacial score (nSPS) is 34.2. The van der Waals surface area contributed by atoms with Crippen molar-refractivity contribution in [3.05, 3.63) is 0 Å². The molecule has 2 fully saturated rings. The molecule has 4 heteroatoms. The monoisotopic (exact) mass is 255 g/mol. The van der Waals surface area contributed by atoms with E-state index in [2.05, 4.69) is 6.92 Å². The van der Waals surface area contributed by atoms with Crippen LogP contribution < -0.4 is 5.73 Å². The van der Waals surface area contributed by atoms with Gasteiger partial charge >= 0.3 is 5.97 Å². The molecular weight excluding hydrogens is 230 g/mol. The van der Waals surface area contributed by atoms with E-state index in [1.807, 2.05) is 0 Å². The van der Waals surface area contributed by atoms with E-state index in [1.54, 1.807) is 0 Å². The van der Waals surface area contributed by atoms with Gasteiger partial charge in [-0.3, -0.25) is 4.79 Å². The quantitative estimate of drug-likeness (QED) is 0.782. The lowest BCUT2D eigenvalue weighted by molar-refractivity contribution is -0.156. The van der Waals surface area contributed by atoms with Crippen LogP contribution in [0, 0.1) is 11.8 Å². The molecule has 104 valence electrons. The first-order chi connectivity index (χ1) is 8.63. The molecule has 0 bridgehead atoms. The van der Waals surface area contributed by atoms with Crippen molar-refractivity contribution in [2.24, 2.45) is 17.6 Å². The SMILES string of the molecule is CC1CCCCC1(N)C(=O)OCC1CCOCC1. The van der Waals surface area contributed by atoms with Crippen molar-refractivity contribution in [1.82, 2.24) is 0 Å². The Hall–Kier alpha value is -0.610. The summed E-state index contributed by atoms with van der Waals surface area (Å²) < 4.78 is 10.8. The van der Waals surface area contributed by atoms with E-state index in [9.17, 15) is 4.79 Å². The third-order valence-corrected chi connectivity index (χ3v) is 4.53. The molecule has 0 aromatic carbocycles. The molecule has 0 radical (unpaired) electrons. The van der Waals surface area contributed by atoms with Crippen LogP contribution in [0.15, 0.2) is 0 Å². The molecule has 1 heterocycles. The summed E-state index contributed by atoms with van der Waals surface area (Å²) >= 11 is 0. The fraction of sp³-hybridized carbons (Fsp3) is 0.929. The molecule has 2 N–H and O–H groups in total. The Kier molecular flexibility index (Phi) is 4.62. The first kappa shape index (κ1) is 13.8. The van der Waals surface area contributed by atoms with E-state index in [0.717, 1.165) is 45.3 Å². The van der Waals surface area contributed by atoms with Crippen molar-refractivity contribution in [2.75, 3.05) is 19.8 Å². The average molecular weight is 255 g/mol. The van der Waals surface area contributed by atoms with Gasteiger partial charge < -0.3 is 15.2 Å². The van der Waals surface area contributed by atoms with E-state index in [-0.39, 0.29) is 11.9 Å². The highest BCUT2D eigenvalue weighted by Gasteiger charge is 2.42. The Morgan fingerprint density at radius 2 is 2.06 bits per heavy atom. The van der Waals surface area contributed by atoms with Crippen LogP contribution in [0.2, 0.25) is 0 Å². The van der Waals surface area contributed by atoms with Gasteiger partial charge in [0.2, 0.25) is 0 Å². The largest absolute Gasteiger partial charge is 0.464 e. The second-order valence-electron chi connectivity index (χ2n) is 5.84. The van der Waals surface area contributed by atoms with Crippen LogP contribution in [0.1, 0.15) is 45.4 Å². The molecule has 2 unspecified atom stereocenters. The lowest BCUT2D eigenvalue weighted by Crippen LogP contribution is -2.55. The molecule has 18 heavy (non-hydrogen) atoms. The van der Waals surface area contributed by atoms with E-state index < -0.39 is 5.54 Å². The maximum absolute atomic E-state index is 12.2. The van der Waals surface area contributed by atoms with Gasteiger partial charge in [-0.1, -0.05) is 19.8 Å². The number of carbonyl (C=O) groups excluding carboxylic acids is 1. The van der Waals surface area contributed by atoms with Crippen LogP contribution in [0.3, 0.4) is 0 Å². The van der Waals surface area contributed by atoms with E-state index in [0.29, 0.717) is 12.5 Å². The smallest absolute Gasteiger partial charge is 0.326 e. The summed E-state index contributed by atoms with van der Waals surface area (Å²) in [6, 6.07) is 0. The maximum Gasteiger partial charge on any atom is 0.326 e. The molecule has 0 amide bonds. The number of nitrogens with two attached hydrogens (primary N) is 1. The fourth-order valence-corrected chi connectivity index (χ4v) is 2.92. The predicted molar refractivity (Wildman–Crippen MR) is 69.1 cm³/mol. The van der Waals surface area contributed by atoms with Gasteiger partial charge in [-0.05, 0) is 37.5 Å². The zero-order chi connectivity index (χ0) is 13.0. The van der Waals surface area contributed by atoms with Crippen molar-refractivity contribution in [1.29, 1.82) is 0 Å². The molecule has 4 nitrogen and oxygen atoms in total. The van der Waals surface area contributed by atoms with Crippen LogP contribution in [0.25, 0.3) is 0 Å². The minimum absolute atomic E-state index is 0.193. The highest BCUT2D eigenvalue weighted by Crippen LogP contribution is 2.32. The van der Waals surface area contributed by atoms with Crippen LogP contribution in [0.4, 0.5) is 0 Å². The molecule has 2 atom stereocenters. The van der Waals surface area contributed by atoms with Crippen molar-refractivity contribution >= 4 is 5.97 Å². The van der Waals surface area contributed by atoms with Gasteiger partial charge in [0.15, 0.2) is 0 Å². The van der Waals surface area contributed by atoms with Gasteiger partial charge in [-0.15, -0.1) is 0 Å². The molecule has 1 aliphatic heterocycles. The van der Waals surface area contributed by atoms with Crippen LogP contribution >= 0.6 is 0 Å². The van der Waals surface area contributed by atoms with Crippen molar-refractivity contribution < 1.29 is 14.3 Å². The zero-order valence-corrected chi connectivity index (χ0v) is 11.3. The second kappa shape index (κ2) is 6.02. The zero-order valence-electron chi connectivity index (χ0n) is 11.3. The number of carbonyl (C=O) groups is 1. The molecule has 0 spiro atoms. The summed E-state index contributed by atoms with van der Waals surface area (Å²) in [6.07, 6.45) is 5.98. The number of hydrogen-bond donors (Lipinski definition) is 1. The third-order valence-electron chi connectivity index (χ3n) is 4.53. The Labute approximate surface area is 109 Å². The number of rotatable bonds is 3. The van der Waals surface area contributed by atoms with Gasteiger partial charge in [0.1, 0.15) is 5.54 Å². The molecule has 0 aromatic rings. The highest BCUT2D eigenvalue weighted by atomic mass is 16.5. The van der Waals surface area contributed by atoms with Crippen LogP contribution in [-0.2, 0) is 14.3 Å².